The summed E-state index contributed by atoms with van der Waals surface area (Å²) in [6.07, 6.45) is 1.71. The van der Waals surface area contributed by atoms with Crippen LogP contribution < -0.4 is 9.64 Å². The van der Waals surface area contributed by atoms with Crippen LogP contribution in [0.15, 0.2) is 54.9 Å². The van der Waals surface area contributed by atoms with Crippen LogP contribution in [0, 0.1) is 0 Å². The lowest BCUT2D eigenvalue weighted by atomic mass is 9.90. The summed E-state index contributed by atoms with van der Waals surface area (Å²) < 4.78 is 5.27. The van der Waals surface area contributed by atoms with Crippen molar-refractivity contribution < 1.29 is 9.53 Å². The maximum absolute atomic E-state index is 13.2. The zero-order valence-electron chi connectivity index (χ0n) is 16.3. The molecule has 0 fully saturated rings. The zero-order chi connectivity index (χ0) is 19.7. The number of imidazole rings is 1. The van der Waals surface area contributed by atoms with Crippen LogP contribution >= 0.6 is 0 Å². The lowest BCUT2D eigenvalue weighted by Gasteiger charge is -2.32. The van der Waals surface area contributed by atoms with Gasteiger partial charge in [0.15, 0.2) is 0 Å². The number of anilines is 1. The van der Waals surface area contributed by atoms with Crippen LogP contribution in [-0.4, -0.2) is 48.5 Å². The molecular formula is C22H24N4O2. The number of aromatic amines is 1. The fraction of sp³-hybridized carbons (Fsp3) is 0.273. The van der Waals surface area contributed by atoms with Gasteiger partial charge in [0.2, 0.25) is 0 Å². The summed E-state index contributed by atoms with van der Waals surface area (Å²) in [7, 11) is 5.60. The van der Waals surface area contributed by atoms with Crippen molar-refractivity contribution in [1.29, 1.82) is 0 Å². The molecule has 0 radical (unpaired) electrons. The topological polar surface area (TPSA) is 61.5 Å². The van der Waals surface area contributed by atoms with Gasteiger partial charge in [-0.25, -0.2) is 4.98 Å². The first-order valence-corrected chi connectivity index (χ1v) is 9.29. The second kappa shape index (κ2) is 7.38. The van der Waals surface area contributed by atoms with Crippen molar-refractivity contribution >= 4 is 11.6 Å². The number of benzene rings is 2. The van der Waals surface area contributed by atoms with Crippen molar-refractivity contribution in [2.24, 2.45) is 0 Å². The lowest BCUT2D eigenvalue weighted by molar-refractivity contribution is 0.0722. The molecule has 2 heterocycles. The summed E-state index contributed by atoms with van der Waals surface area (Å²) in [6, 6.07) is 15.7. The van der Waals surface area contributed by atoms with Crippen molar-refractivity contribution in [3.8, 4) is 5.75 Å². The van der Waals surface area contributed by atoms with E-state index < -0.39 is 0 Å². The third-order valence-electron chi connectivity index (χ3n) is 5.25. The minimum Gasteiger partial charge on any atom is -0.497 e. The van der Waals surface area contributed by atoms with Crippen molar-refractivity contribution in [3.63, 3.8) is 0 Å². The number of nitrogens with zero attached hydrogens (tertiary/aromatic N) is 3. The van der Waals surface area contributed by atoms with Crippen molar-refractivity contribution in [2.75, 3.05) is 32.6 Å². The Bertz CT molecular complexity index is 978. The van der Waals surface area contributed by atoms with Crippen LogP contribution in [0.5, 0.6) is 5.75 Å². The van der Waals surface area contributed by atoms with E-state index in [9.17, 15) is 4.79 Å². The quantitative estimate of drug-likeness (QED) is 0.759. The smallest absolute Gasteiger partial charge is 0.254 e. The first-order valence-electron chi connectivity index (χ1n) is 9.29. The Morgan fingerprint density at radius 3 is 2.71 bits per heavy atom. The molecule has 1 atom stereocenters. The highest BCUT2D eigenvalue weighted by Gasteiger charge is 2.31. The van der Waals surface area contributed by atoms with Crippen LogP contribution in [-0.2, 0) is 6.54 Å². The van der Waals surface area contributed by atoms with E-state index in [2.05, 4.69) is 9.97 Å². The molecule has 0 aliphatic carbocycles. The first-order chi connectivity index (χ1) is 13.6. The number of amides is 1. The van der Waals surface area contributed by atoms with Crippen molar-refractivity contribution in [1.82, 2.24) is 14.9 Å². The normalized spacial score (nSPS) is 15.8. The molecule has 1 aliphatic rings. The monoisotopic (exact) mass is 376 g/mol. The van der Waals surface area contributed by atoms with Crippen LogP contribution in [0.3, 0.4) is 0 Å². The SMILES string of the molecule is COc1ccc(C2CN(C(=O)c3cccc(N(C)C)c3)Cc3[nH]cnc32)cc1. The maximum Gasteiger partial charge on any atom is 0.254 e. The Morgan fingerprint density at radius 1 is 1.21 bits per heavy atom. The molecule has 144 valence electrons. The van der Waals surface area contributed by atoms with Gasteiger partial charge >= 0.3 is 0 Å². The minimum atomic E-state index is 0.0295. The predicted octanol–water partition coefficient (Wildman–Crippen LogP) is 3.27. The van der Waals surface area contributed by atoms with Gasteiger partial charge in [-0.05, 0) is 35.9 Å². The Kier molecular flexibility index (Phi) is 4.77. The molecule has 1 aromatic heterocycles. The van der Waals surface area contributed by atoms with Crippen LogP contribution in [0.4, 0.5) is 5.69 Å². The molecule has 0 saturated carbocycles. The average molecular weight is 376 g/mol. The van der Waals surface area contributed by atoms with Gasteiger partial charge in [-0.2, -0.15) is 0 Å². The van der Waals surface area contributed by atoms with E-state index in [-0.39, 0.29) is 11.8 Å². The van der Waals surface area contributed by atoms with Crippen LogP contribution in [0.25, 0.3) is 0 Å². The van der Waals surface area contributed by atoms with E-state index in [0.29, 0.717) is 18.7 Å². The van der Waals surface area contributed by atoms with Gasteiger partial charge in [-0.3, -0.25) is 4.79 Å². The Hall–Kier alpha value is -3.28. The highest BCUT2D eigenvalue weighted by Crippen LogP contribution is 2.33. The summed E-state index contributed by atoms with van der Waals surface area (Å²) in [5.74, 6) is 0.875. The second-order valence-corrected chi connectivity index (χ2v) is 7.22. The highest BCUT2D eigenvalue weighted by molar-refractivity contribution is 5.95. The average Bonchev–Trinajstić information content (AvgIpc) is 3.21. The molecule has 2 aromatic carbocycles. The molecule has 6 heteroatoms. The van der Waals surface area contributed by atoms with Gasteiger partial charge in [0.25, 0.3) is 5.91 Å². The zero-order valence-corrected chi connectivity index (χ0v) is 16.3. The van der Waals surface area contributed by atoms with E-state index in [1.165, 1.54) is 0 Å². The number of H-pyrrole nitrogens is 1. The number of methoxy groups -OCH3 is 1. The molecule has 3 aromatic rings. The molecule has 1 amide bonds. The summed E-state index contributed by atoms with van der Waals surface area (Å²) in [4.78, 5) is 24.9. The molecule has 1 N–H and O–H groups in total. The van der Waals surface area contributed by atoms with Gasteiger partial charge in [0.1, 0.15) is 5.75 Å². The van der Waals surface area contributed by atoms with Gasteiger partial charge in [0.05, 0.1) is 31.4 Å². The Balaban J connectivity index is 1.64. The molecule has 1 aliphatic heterocycles. The third-order valence-corrected chi connectivity index (χ3v) is 5.25. The number of carbonyl (C=O) groups excluding carboxylic acids is 1. The summed E-state index contributed by atoms with van der Waals surface area (Å²) in [6.45, 7) is 1.13. The van der Waals surface area contributed by atoms with Gasteiger partial charge < -0.3 is 19.5 Å². The molecule has 0 spiro atoms. The Labute approximate surface area is 164 Å². The Morgan fingerprint density at radius 2 is 2.00 bits per heavy atom. The van der Waals surface area contributed by atoms with Gasteiger partial charge in [-0.15, -0.1) is 0 Å². The van der Waals surface area contributed by atoms with E-state index >= 15 is 0 Å². The number of hydrogen-bond acceptors (Lipinski definition) is 4. The molecular weight excluding hydrogens is 352 g/mol. The summed E-state index contributed by atoms with van der Waals surface area (Å²) in [5.41, 5.74) is 4.83. The largest absolute Gasteiger partial charge is 0.497 e. The number of nitrogens with one attached hydrogen (secondary N) is 1. The standard InChI is InChI=1S/C22H24N4O2/c1-25(2)17-6-4-5-16(11-17)22(27)26-12-19(21-20(13-26)23-14-24-21)15-7-9-18(28-3)10-8-15/h4-11,14,19H,12-13H2,1-3H3,(H,23,24). The molecule has 6 nitrogen and oxygen atoms in total. The lowest BCUT2D eigenvalue weighted by Crippen LogP contribution is -2.38. The number of carbonyl (C=O) groups is 1. The fourth-order valence-electron chi connectivity index (χ4n) is 3.67. The molecule has 4 rings (SSSR count). The molecule has 28 heavy (non-hydrogen) atoms. The van der Waals surface area contributed by atoms with Gasteiger partial charge in [0, 0.05) is 37.8 Å². The van der Waals surface area contributed by atoms with Crippen LogP contribution in [0.2, 0.25) is 0 Å². The van der Waals surface area contributed by atoms with E-state index in [0.717, 1.165) is 28.4 Å². The summed E-state index contributed by atoms with van der Waals surface area (Å²) >= 11 is 0. The first kappa shape index (κ1) is 18.1. The predicted molar refractivity (Wildman–Crippen MR) is 109 cm³/mol. The molecule has 1 unspecified atom stereocenters. The van der Waals surface area contributed by atoms with E-state index in [1.807, 2.05) is 72.4 Å². The van der Waals surface area contributed by atoms with E-state index in [4.69, 9.17) is 4.74 Å². The molecule has 0 bridgehead atoms. The van der Waals surface area contributed by atoms with E-state index in [1.54, 1.807) is 13.4 Å². The number of rotatable bonds is 4. The number of hydrogen-bond donors (Lipinski definition) is 1. The third kappa shape index (κ3) is 3.33. The minimum absolute atomic E-state index is 0.0295. The number of aromatic nitrogens is 2. The summed E-state index contributed by atoms with van der Waals surface area (Å²) in [5, 5.41) is 0. The number of fused-ring (bicyclic) bond motifs is 1. The maximum atomic E-state index is 13.2. The number of ether oxygens (including phenoxy) is 1. The fourth-order valence-corrected chi connectivity index (χ4v) is 3.67. The van der Waals surface area contributed by atoms with Crippen LogP contribution in [0.1, 0.15) is 33.2 Å². The molecule has 0 saturated heterocycles. The second-order valence-electron chi connectivity index (χ2n) is 7.22. The van der Waals surface area contributed by atoms with Crippen molar-refractivity contribution in [3.05, 3.63) is 77.4 Å². The highest BCUT2D eigenvalue weighted by atomic mass is 16.5. The van der Waals surface area contributed by atoms with Crippen molar-refractivity contribution in [2.45, 2.75) is 12.5 Å². The van der Waals surface area contributed by atoms with Gasteiger partial charge in [-0.1, -0.05) is 18.2 Å².